The minimum atomic E-state index is 0. The van der Waals surface area contributed by atoms with E-state index in [2.05, 4.69) is 68.6 Å². The fourth-order valence-corrected chi connectivity index (χ4v) is 2.15. The van der Waals surface area contributed by atoms with Gasteiger partial charge in [0.15, 0.2) is 0 Å². The van der Waals surface area contributed by atoms with E-state index in [1.54, 1.807) is 12.4 Å². The number of hydrogen-bond acceptors (Lipinski definition) is 3. The fourth-order valence-electron chi connectivity index (χ4n) is 2.15. The van der Waals surface area contributed by atoms with Gasteiger partial charge in [-0.2, -0.15) is 0 Å². The van der Waals surface area contributed by atoms with Crippen molar-refractivity contribution < 1.29 is 0 Å². The minimum Gasteiger partial charge on any atom is -0.264 e. The van der Waals surface area contributed by atoms with Gasteiger partial charge in [0.2, 0.25) is 0 Å². The first-order valence-corrected chi connectivity index (χ1v) is 12.6. The summed E-state index contributed by atoms with van der Waals surface area (Å²) in [6, 6.07) is 14.1. The van der Waals surface area contributed by atoms with Gasteiger partial charge in [0.05, 0.1) is 0 Å². The van der Waals surface area contributed by atoms with Gasteiger partial charge < -0.3 is 0 Å². The van der Waals surface area contributed by atoms with Crippen molar-refractivity contribution in [2.24, 2.45) is 0 Å². The molecule has 0 N–H and O–H groups in total. The Kier molecular flexibility index (Phi) is 32.4. The molecular formula is C31H55N3. The van der Waals surface area contributed by atoms with Crippen molar-refractivity contribution in [1.82, 2.24) is 15.0 Å². The number of pyridine rings is 3. The maximum absolute atomic E-state index is 4.18. The van der Waals surface area contributed by atoms with Crippen molar-refractivity contribution >= 4 is 0 Å². The van der Waals surface area contributed by atoms with Crippen LogP contribution in [0.15, 0.2) is 73.4 Å². The van der Waals surface area contributed by atoms with Gasteiger partial charge in [-0.3, -0.25) is 15.0 Å². The smallest absolute Gasteiger partial charge is 0.0428 e. The van der Waals surface area contributed by atoms with E-state index in [4.69, 9.17) is 0 Å². The van der Waals surface area contributed by atoms with Crippen LogP contribution in [0.25, 0.3) is 0 Å². The molecule has 3 aromatic heterocycles. The molecule has 0 spiro atoms. The van der Waals surface area contributed by atoms with E-state index in [-0.39, 0.29) is 7.43 Å². The zero-order valence-electron chi connectivity index (χ0n) is 23.5. The van der Waals surface area contributed by atoms with Crippen LogP contribution >= 0.6 is 0 Å². The quantitative estimate of drug-likeness (QED) is 0.383. The lowest BCUT2D eigenvalue weighted by Gasteiger charge is -2.00. The summed E-state index contributed by atoms with van der Waals surface area (Å²) >= 11 is 0. The topological polar surface area (TPSA) is 38.7 Å². The second-order valence-electron chi connectivity index (χ2n) is 7.29. The Hall–Kier alpha value is -2.55. The predicted octanol–water partition coefficient (Wildman–Crippen LogP) is 10.3. The summed E-state index contributed by atoms with van der Waals surface area (Å²) in [5.74, 6) is 1.74. The van der Waals surface area contributed by atoms with Crippen molar-refractivity contribution in [2.75, 3.05) is 0 Å². The van der Waals surface area contributed by atoms with Crippen LogP contribution in [0, 0.1) is 0 Å². The van der Waals surface area contributed by atoms with Crippen LogP contribution in [0.2, 0.25) is 0 Å². The van der Waals surface area contributed by atoms with E-state index in [1.165, 1.54) is 11.1 Å². The molecule has 34 heavy (non-hydrogen) atoms. The van der Waals surface area contributed by atoms with E-state index in [0.29, 0.717) is 17.8 Å². The molecule has 0 saturated heterocycles. The van der Waals surface area contributed by atoms with Crippen LogP contribution in [0.4, 0.5) is 0 Å². The second kappa shape index (κ2) is 28.5. The number of hydrogen-bond donors (Lipinski definition) is 0. The highest BCUT2D eigenvalue weighted by Gasteiger charge is 1.96. The fraction of sp³-hybridized carbons (Fsp3) is 0.516. The van der Waals surface area contributed by atoms with E-state index in [0.717, 1.165) is 5.69 Å². The molecule has 0 aliphatic rings. The Morgan fingerprint density at radius 2 is 0.912 bits per heavy atom. The molecule has 3 heteroatoms. The lowest BCUT2D eigenvalue weighted by atomic mass is 10.1. The Balaban J connectivity index is -0.000000176. The molecular weight excluding hydrogens is 414 g/mol. The Morgan fingerprint density at radius 1 is 0.500 bits per heavy atom. The zero-order valence-corrected chi connectivity index (χ0v) is 23.5. The van der Waals surface area contributed by atoms with Crippen LogP contribution in [0.3, 0.4) is 0 Å². The summed E-state index contributed by atoms with van der Waals surface area (Å²) in [5, 5.41) is 0. The Bertz CT molecular complexity index is 606. The first kappa shape index (κ1) is 38.7. The molecule has 0 unspecified atom stereocenters. The molecule has 3 aromatic rings. The summed E-state index contributed by atoms with van der Waals surface area (Å²) in [5.41, 5.74) is 3.77. The average Bonchev–Trinajstić information content (AvgIpc) is 2.90. The summed E-state index contributed by atoms with van der Waals surface area (Å²) in [4.78, 5) is 12.2. The summed E-state index contributed by atoms with van der Waals surface area (Å²) in [6.07, 6.45) is 9.24. The average molecular weight is 470 g/mol. The van der Waals surface area contributed by atoms with Crippen molar-refractivity contribution in [1.29, 1.82) is 0 Å². The van der Waals surface area contributed by atoms with Crippen LogP contribution in [-0.4, -0.2) is 15.0 Å². The molecule has 194 valence electrons. The van der Waals surface area contributed by atoms with Gasteiger partial charge in [-0.25, -0.2) is 0 Å². The van der Waals surface area contributed by atoms with Gasteiger partial charge in [-0.15, -0.1) is 0 Å². The lowest BCUT2D eigenvalue weighted by molar-refractivity contribution is 0.823. The molecule has 0 aromatic carbocycles. The Labute approximate surface area is 213 Å². The monoisotopic (exact) mass is 469 g/mol. The molecule has 0 aliphatic heterocycles. The maximum atomic E-state index is 4.18. The highest BCUT2D eigenvalue weighted by molar-refractivity contribution is 5.12. The van der Waals surface area contributed by atoms with Crippen LogP contribution in [0.5, 0.6) is 0 Å². The summed E-state index contributed by atoms with van der Waals surface area (Å²) in [6.45, 7) is 24.9. The molecule has 3 nitrogen and oxygen atoms in total. The third-order valence-corrected chi connectivity index (χ3v) is 3.98. The summed E-state index contributed by atoms with van der Waals surface area (Å²) < 4.78 is 0. The molecule has 0 fully saturated rings. The van der Waals surface area contributed by atoms with Crippen molar-refractivity contribution in [3.05, 3.63) is 90.3 Å². The summed E-state index contributed by atoms with van der Waals surface area (Å²) in [7, 11) is 0. The maximum Gasteiger partial charge on any atom is 0.0428 e. The number of nitrogens with zero attached hydrogens (tertiary/aromatic N) is 3. The third kappa shape index (κ3) is 21.3. The van der Waals surface area contributed by atoms with Crippen molar-refractivity contribution in [3.63, 3.8) is 0 Å². The van der Waals surface area contributed by atoms with Gasteiger partial charge in [-0.05, 0) is 53.1 Å². The van der Waals surface area contributed by atoms with Gasteiger partial charge in [-0.1, -0.05) is 109 Å². The molecule has 0 saturated carbocycles. The van der Waals surface area contributed by atoms with Gasteiger partial charge >= 0.3 is 0 Å². The first-order valence-electron chi connectivity index (χ1n) is 12.6. The van der Waals surface area contributed by atoms with E-state index >= 15 is 0 Å². The Morgan fingerprint density at radius 3 is 1.09 bits per heavy atom. The first-order chi connectivity index (χ1) is 15.9. The SMILES string of the molecule is C.CC.CC.CC.CC(C)c1ccccn1.CC(C)c1cccnc1.CC(C)c1cccnc1. The van der Waals surface area contributed by atoms with E-state index in [9.17, 15) is 0 Å². The zero-order chi connectivity index (χ0) is 26.1. The largest absolute Gasteiger partial charge is 0.264 e. The number of aromatic nitrogens is 3. The van der Waals surface area contributed by atoms with Crippen LogP contribution in [-0.2, 0) is 0 Å². The lowest BCUT2D eigenvalue weighted by Crippen LogP contribution is -1.88. The van der Waals surface area contributed by atoms with Gasteiger partial charge in [0.1, 0.15) is 0 Å². The number of rotatable bonds is 3. The minimum absolute atomic E-state index is 0. The highest BCUT2D eigenvalue weighted by Crippen LogP contribution is 2.11. The second-order valence-corrected chi connectivity index (χ2v) is 7.29. The molecule has 0 radical (unpaired) electrons. The molecule has 3 heterocycles. The molecule has 0 amide bonds. The van der Waals surface area contributed by atoms with E-state index in [1.807, 2.05) is 90.5 Å². The highest BCUT2D eigenvalue weighted by atomic mass is 14.7. The van der Waals surface area contributed by atoms with Crippen LogP contribution < -0.4 is 0 Å². The van der Waals surface area contributed by atoms with Crippen molar-refractivity contribution in [2.45, 2.75) is 108 Å². The predicted molar refractivity (Wildman–Crippen MR) is 156 cm³/mol. The van der Waals surface area contributed by atoms with Crippen molar-refractivity contribution in [3.8, 4) is 0 Å². The van der Waals surface area contributed by atoms with E-state index < -0.39 is 0 Å². The molecule has 0 atom stereocenters. The van der Waals surface area contributed by atoms with Gasteiger partial charge in [0.25, 0.3) is 0 Å². The van der Waals surface area contributed by atoms with Crippen LogP contribution in [0.1, 0.15) is 125 Å². The third-order valence-electron chi connectivity index (χ3n) is 3.98. The molecule has 3 rings (SSSR count). The normalized spacial score (nSPS) is 8.56. The molecule has 0 bridgehead atoms. The standard InChI is InChI=1S/3C8H11N.3C2H6.CH4/c2*1-7(2)8-4-3-5-9-6-8;1-7(2)8-5-3-4-6-9-8;3*1-2;/h3*3-7H,1-2H3;3*1-2H3;1H4. The van der Waals surface area contributed by atoms with Gasteiger partial charge in [0, 0.05) is 36.7 Å². The molecule has 0 aliphatic carbocycles.